The van der Waals surface area contributed by atoms with Crippen molar-refractivity contribution in [2.24, 2.45) is 13.0 Å². The Morgan fingerprint density at radius 1 is 1.03 bits per heavy atom. The van der Waals surface area contributed by atoms with E-state index in [0.717, 1.165) is 36.3 Å². The summed E-state index contributed by atoms with van der Waals surface area (Å²) in [5.41, 5.74) is 2.95. The number of carbonyl (C=O) groups excluding carboxylic acids is 2. The first-order valence-electron chi connectivity index (χ1n) is 11.9. The van der Waals surface area contributed by atoms with E-state index in [0.29, 0.717) is 17.7 Å². The van der Waals surface area contributed by atoms with Gasteiger partial charge in [0, 0.05) is 44.8 Å². The van der Waals surface area contributed by atoms with Crippen LogP contribution >= 0.6 is 0 Å². The van der Waals surface area contributed by atoms with E-state index in [-0.39, 0.29) is 43.0 Å². The third-order valence-corrected chi connectivity index (χ3v) is 7.28. The second-order valence-electron chi connectivity index (χ2n) is 9.39. The van der Waals surface area contributed by atoms with Crippen molar-refractivity contribution in [3.05, 3.63) is 58.5 Å². The van der Waals surface area contributed by atoms with Crippen molar-refractivity contribution < 1.29 is 19.4 Å². The molecule has 1 aromatic heterocycles. The first-order valence-corrected chi connectivity index (χ1v) is 11.9. The summed E-state index contributed by atoms with van der Waals surface area (Å²) in [6, 6.07) is 12.3. The van der Waals surface area contributed by atoms with Crippen LogP contribution in [0.1, 0.15) is 30.9 Å². The molecule has 0 spiro atoms. The zero-order valence-corrected chi connectivity index (χ0v) is 20.0. The third kappa shape index (κ3) is 4.10. The van der Waals surface area contributed by atoms with Crippen LogP contribution in [0.15, 0.2) is 47.3 Å². The number of hydrogen-bond donors (Lipinski definition) is 1. The lowest BCUT2D eigenvalue weighted by atomic mass is 10.0. The van der Waals surface area contributed by atoms with Gasteiger partial charge in [-0.2, -0.15) is 0 Å². The van der Waals surface area contributed by atoms with Crippen LogP contribution in [-0.2, 0) is 23.2 Å². The first-order chi connectivity index (χ1) is 16.9. The monoisotopic (exact) mass is 478 g/mol. The molecule has 3 aromatic rings. The third-order valence-electron chi connectivity index (χ3n) is 7.28. The SMILES string of the molecule is COc1ccc(CN2C(=O)CCC(n3c(=O)n(C)c4cc(N5CC[C@@H](CO)C5)ccc43)C2=O)cc1. The lowest BCUT2D eigenvalue weighted by Gasteiger charge is -2.31. The van der Waals surface area contributed by atoms with Crippen LogP contribution in [0, 0.1) is 5.92 Å². The van der Waals surface area contributed by atoms with Gasteiger partial charge in [-0.05, 0) is 48.7 Å². The van der Waals surface area contributed by atoms with E-state index in [1.54, 1.807) is 30.9 Å². The summed E-state index contributed by atoms with van der Waals surface area (Å²) >= 11 is 0. The van der Waals surface area contributed by atoms with Gasteiger partial charge >= 0.3 is 5.69 Å². The highest BCUT2D eigenvalue weighted by molar-refractivity contribution is 6.00. The van der Waals surface area contributed by atoms with Crippen LogP contribution in [0.4, 0.5) is 5.69 Å². The van der Waals surface area contributed by atoms with Gasteiger partial charge in [-0.3, -0.25) is 23.6 Å². The molecule has 2 aliphatic heterocycles. The van der Waals surface area contributed by atoms with E-state index in [2.05, 4.69) is 4.90 Å². The molecule has 0 aliphatic carbocycles. The second-order valence-corrected chi connectivity index (χ2v) is 9.39. The van der Waals surface area contributed by atoms with E-state index in [1.165, 1.54) is 9.47 Å². The fourth-order valence-corrected chi connectivity index (χ4v) is 5.21. The molecule has 2 atom stereocenters. The number of piperidine rings is 1. The molecule has 0 bridgehead atoms. The largest absolute Gasteiger partial charge is 0.497 e. The topological polar surface area (TPSA) is 97.0 Å². The Hall–Kier alpha value is -3.59. The van der Waals surface area contributed by atoms with Crippen molar-refractivity contribution in [2.75, 3.05) is 31.7 Å². The molecular formula is C26H30N4O5. The predicted octanol–water partition coefficient (Wildman–Crippen LogP) is 2.06. The number of rotatable bonds is 6. The molecule has 1 N–H and O–H groups in total. The number of nitrogens with zero attached hydrogens (tertiary/aromatic N) is 4. The average Bonchev–Trinajstić information content (AvgIpc) is 3.45. The van der Waals surface area contributed by atoms with E-state index in [1.807, 2.05) is 30.3 Å². The highest BCUT2D eigenvalue weighted by Crippen LogP contribution is 2.31. The summed E-state index contributed by atoms with van der Waals surface area (Å²) in [5.74, 6) is 0.366. The molecule has 2 aromatic carbocycles. The van der Waals surface area contributed by atoms with Gasteiger partial charge in [0.25, 0.3) is 5.91 Å². The lowest BCUT2D eigenvalue weighted by Crippen LogP contribution is -2.47. The normalized spacial score (nSPS) is 20.8. The smallest absolute Gasteiger partial charge is 0.329 e. The summed E-state index contributed by atoms with van der Waals surface area (Å²) in [4.78, 5) is 42.9. The molecule has 2 aliphatic rings. The fourth-order valence-electron chi connectivity index (χ4n) is 5.21. The van der Waals surface area contributed by atoms with Gasteiger partial charge < -0.3 is 14.7 Å². The Balaban J connectivity index is 1.45. The van der Waals surface area contributed by atoms with E-state index < -0.39 is 6.04 Å². The quantitative estimate of drug-likeness (QED) is 0.545. The number of amides is 2. The molecular weight excluding hydrogens is 448 g/mol. The van der Waals surface area contributed by atoms with Crippen LogP contribution in [-0.4, -0.2) is 57.8 Å². The molecule has 2 fully saturated rings. The van der Waals surface area contributed by atoms with E-state index >= 15 is 0 Å². The minimum atomic E-state index is -0.737. The van der Waals surface area contributed by atoms with Gasteiger partial charge in [0.15, 0.2) is 0 Å². The maximum atomic E-state index is 13.5. The molecule has 0 saturated carbocycles. The molecule has 3 heterocycles. The number of benzene rings is 2. The minimum absolute atomic E-state index is 0.156. The fraction of sp³-hybridized carbons (Fsp3) is 0.423. The summed E-state index contributed by atoms with van der Waals surface area (Å²) < 4.78 is 8.29. The summed E-state index contributed by atoms with van der Waals surface area (Å²) in [6.45, 7) is 1.96. The van der Waals surface area contributed by atoms with Crippen molar-refractivity contribution in [1.82, 2.24) is 14.0 Å². The highest BCUT2D eigenvalue weighted by atomic mass is 16.5. The number of hydrogen-bond acceptors (Lipinski definition) is 6. The van der Waals surface area contributed by atoms with Crippen molar-refractivity contribution in [2.45, 2.75) is 31.8 Å². The molecule has 9 nitrogen and oxygen atoms in total. The zero-order chi connectivity index (χ0) is 24.7. The maximum absolute atomic E-state index is 13.5. The number of aliphatic hydroxyl groups is 1. The summed E-state index contributed by atoms with van der Waals surface area (Å²) in [5, 5.41) is 9.47. The van der Waals surface area contributed by atoms with Gasteiger partial charge in [0.05, 0.1) is 24.7 Å². The second kappa shape index (κ2) is 9.22. The molecule has 2 saturated heterocycles. The van der Waals surface area contributed by atoms with Crippen LogP contribution in [0.3, 0.4) is 0 Å². The van der Waals surface area contributed by atoms with Crippen molar-refractivity contribution in [1.29, 1.82) is 0 Å². The minimum Gasteiger partial charge on any atom is -0.497 e. The molecule has 184 valence electrons. The van der Waals surface area contributed by atoms with Crippen LogP contribution < -0.4 is 15.3 Å². The first kappa shape index (κ1) is 23.2. The Morgan fingerprint density at radius 2 is 1.80 bits per heavy atom. The number of carbonyl (C=O) groups is 2. The van der Waals surface area contributed by atoms with Crippen LogP contribution in [0.2, 0.25) is 0 Å². The molecule has 2 amide bonds. The number of ether oxygens (including phenoxy) is 1. The molecule has 0 radical (unpaired) electrons. The van der Waals surface area contributed by atoms with E-state index in [4.69, 9.17) is 4.74 Å². The summed E-state index contributed by atoms with van der Waals surface area (Å²) in [7, 11) is 3.29. The van der Waals surface area contributed by atoms with Crippen molar-refractivity contribution in [3.63, 3.8) is 0 Å². The Morgan fingerprint density at radius 3 is 2.49 bits per heavy atom. The van der Waals surface area contributed by atoms with Gasteiger partial charge in [-0.25, -0.2) is 4.79 Å². The average molecular weight is 479 g/mol. The van der Waals surface area contributed by atoms with Crippen molar-refractivity contribution in [3.8, 4) is 5.75 Å². The number of fused-ring (bicyclic) bond motifs is 1. The molecule has 9 heteroatoms. The van der Waals surface area contributed by atoms with Crippen LogP contribution in [0.25, 0.3) is 11.0 Å². The molecule has 35 heavy (non-hydrogen) atoms. The van der Waals surface area contributed by atoms with Gasteiger partial charge in [0.1, 0.15) is 11.8 Å². The number of aryl methyl sites for hydroxylation is 1. The summed E-state index contributed by atoms with van der Waals surface area (Å²) in [6.07, 6.45) is 1.43. The standard InChI is InChI=1S/C26H30N4O5/c1-27-23-13-19(28-12-11-18(14-28)16-31)5-8-21(23)30(26(27)34)22-9-10-24(32)29(25(22)33)15-17-3-6-20(35-2)7-4-17/h3-8,13,18,22,31H,9-12,14-16H2,1-2H3/t18-,22?/m1/s1. The number of aliphatic hydroxyl groups excluding tert-OH is 1. The zero-order valence-electron chi connectivity index (χ0n) is 20.0. The van der Waals surface area contributed by atoms with Crippen LogP contribution in [0.5, 0.6) is 5.75 Å². The lowest BCUT2D eigenvalue weighted by molar-refractivity contribution is -0.151. The predicted molar refractivity (Wildman–Crippen MR) is 131 cm³/mol. The van der Waals surface area contributed by atoms with Gasteiger partial charge in [-0.15, -0.1) is 0 Å². The van der Waals surface area contributed by atoms with Crippen molar-refractivity contribution >= 4 is 28.5 Å². The van der Waals surface area contributed by atoms with Gasteiger partial charge in [0.2, 0.25) is 5.91 Å². The van der Waals surface area contributed by atoms with Gasteiger partial charge in [-0.1, -0.05) is 12.1 Å². The Labute approximate surface area is 203 Å². The number of imide groups is 1. The number of likely N-dealkylation sites (tertiary alicyclic amines) is 1. The highest BCUT2D eigenvalue weighted by Gasteiger charge is 2.37. The number of imidazole rings is 1. The Bertz CT molecular complexity index is 1330. The molecule has 5 rings (SSSR count). The number of methoxy groups -OCH3 is 1. The number of anilines is 1. The number of aromatic nitrogens is 2. The Kier molecular flexibility index (Phi) is 6.10. The van der Waals surface area contributed by atoms with E-state index in [9.17, 15) is 19.5 Å². The molecule has 1 unspecified atom stereocenters. The maximum Gasteiger partial charge on any atom is 0.329 e.